The number of carbonyl (C=O) groups is 2. The lowest BCUT2D eigenvalue weighted by Gasteiger charge is -2.31. The Bertz CT molecular complexity index is 663. The fourth-order valence-electron chi connectivity index (χ4n) is 3.79. The van der Waals surface area contributed by atoms with E-state index < -0.39 is 0 Å². The molecule has 0 aromatic heterocycles. The van der Waals surface area contributed by atoms with Crippen molar-refractivity contribution in [2.45, 2.75) is 27.7 Å². The Morgan fingerprint density at radius 3 is 2.07 bits per heavy atom. The Morgan fingerprint density at radius 2 is 1.55 bits per heavy atom. The molecule has 0 bridgehead atoms. The van der Waals surface area contributed by atoms with Gasteiger partial charge in [0.1, 0.15) is 32.0 Å². The summed E-state index contributed by atoms with van der Waals surface area (Å²) in [6.07, 6.45) is 0. The third kappa shape index (κ3) is 8.50. The molecule has 2 amide bonds. The first-order valence-corrected chi connectivity index (χ1v) is 10.7. The summed E-state index contributed by atoms with van der Waals surface area (Å²) < 4.78 is 13.2. The first kappa shape index (κ1) is 23.3. The summed E-state index contributed by atoms with van der Waals surface area (Å²) in [5.41, 5.74) is 0.486. The van der Waals surface area contributed by atoms with E-state index in [1.165, 1.54) is 21.9 Å². The number of benzene rings is 1. The number of hydrogen-bond donors (Lipinski definition) is 3. The fourth-order valence-corrected chi connectivity index (χ4v) is 3.79. The Balaban J connectivity index is 1.76. The number of rotatable bonds is 9. The number of nitrogens with zero attached hydrogens (tertiary/aromatic N) is 1. The van der Waals surface area contributed by atoms with Crippen molar-refractivity contribution in [3.05, 3.63) is 30.1 Å². The number of hydrogen-bond acceptors (Lipinski definition) is 2. The van der Waals surface area contributed by atoms with Gasteiger partial charge in [-0.15, -0.1) is 0 Å². The smallest absolute Gasteiger partial charge is 0.279 e. The summed E-state index contributed by atoms with van der Waals surface area (Å²) in [6.45, 7) is 14.6. The molecule has 1 heterocycles. The molecule has 1 aromatic rings. The van der Waals surface area contributed by atoms with Crippen LogP contribution in [0.25, 0.3) is 0 Å². The van der Waals surface area contributed by atoms with Crippen LogP contribution in [0.5, 0.6) is 0 Å². The minimum absolute atomic E-state index is 0.106. The lowest BCUT2D eigenvalue weighted by molar-refractivity contribution is -1.00. The highest BCUT2D eigenvalue weighted by Crippen LogP contribution is 2.08. The molecule has 6 nitrogen and oxygen atoms in total. The molecule has 1 aliphatic heterocycles. The van der Waals surface area contributed by atoms with Gasteiger partial charge in [0, 0.05) is 18.8 Å². The second-order valence-electron chi connectivity index (χ2n) is 9.00. The van der Waals surface area contributed by atoms with Gasteiger partial charge >= 0.3 is 0 Å². The minimum Gasteiger partial charge on any atom is -0.337 e. The Kier molecular flexibility index (Phi) is 9.04. The van der Waals surface area contributed by atoms with Crippen molar-refractivity contribution in [3.63, 3.8) is 0 Å². The van der Waals surface area contributed by atoms with E-state index in [0.717, 1.165) is 39.3 Å². The van der Waals surface area contributed by atoms with E-state index >= 15 is 0 Å². The van der Waals surface area contributed by atoms with Crippen LogP contribution < -0.4 is 15.1 Å². The van der Waals surface area contributed by atoms with Gasteiger partial charge in [0.15, 0.2) is 13.1 Å². The molecule has 29 heavy (non-hydrogen) atoms. The highest BCUT2D eigenvalue weighted by atomic mass is 19.1. The number of nitrogens with one attached hydrogen (secondary N) is 3. The minimum atomic E-state index is -0.360. The number of halogens is 1. The standard InChI is InChI=1S/C22H35FN4O2/c1-17(2)13-27(14-18(3)4)22(29)16-26-10-8-25(9-11-26)15-21(28)24-20-7-5-6-19(23)12-20/h5-7,12,17-18H,8-11,13-16H2,1-4H3,(H,24,28)/p+2. The van der Waals surface area contributed by atoms with E-state index in [1.54, 1.807) is 12.1 Å². The van der Waals surface area contributed by atoms with Crippen LogP contribution in [0.4, 0.5) is 10.1 Å². The Hall–Kier alpha value is -1.99. The average molecular weight is 409 g/mol. The van der Waals surface area contributed by atoms with E-state index in [0.29, 0.717) is 30.6 Å². The van der Waals surface area contributed by atoms with Crippen molar-refractivity contribution in [3.8, 4) is 0 Å². The van der Waals surface area contributed by atoms with Crippen molar-refractivity contribution in [2.24, 2.45) is 11.8 Å². The van der Waals surface area contributed by atoms with Crippen LogP contribution >= 0.6 is 0 Å². The lowest BCUT2D eigenvalue weighted by Crippen LogP contribution is -3.28. The number of quaternary nitrogens is 2. The van der Waals surface area contributed by atoms with Crippen LogP contribution in [0, 0.1) is 17.7 Å². The van der Waals surface area contributed by atoms with Crippen molar-refractivity contribution in [1.82, 2.24) is 4.90 Å². The molecule has 162 valence electrons. The number of amides is 2. The molecule has 0 unspecified atom stereocenters. The maximum absolute atomic E-state index is 13.2. The van der Waals surface area contributed by atoms with E-state index in [2.05, 4.69) is 33.0 Å². The maximum atomic E-state index is 13.2. The summed E-state index contributed by atoms with van der Waals surface area (Å²) in [7, 11) is 0. The number of carbonyl (C=O) groups excluding carboxylic acids is 2. The number of anilines is 1. The summed E-state index contributed by atoms with van der Waals surface area (Å²) in [6, 6.07) is 5.94. The molecule has 2 rings (SSSR count). The van der Waals surface area contributed by atoms with Gasteiger partial charge in [-0.3, -0.25) is 9.59 Å². The molecule has 7 heteroatoms. The average Bonchev–Trinajstić information content (AvgIpc) is 2.62. The zero-order chi connectivity index (χ0) is 21.4. The molecule has 1 aromatic carbocycles. The van der Waals surface area contributed by atoms with E-state index in [9.17, 15) is 14.0 Å². The fraction of sp³-hybridized carbons (Fsp3) is 0.636. The van der Waals surface area contributed by atoms with Gasteiger partial charge < -0.3 is 20.0 Å². The van der Waals surface area contributed by atoms with Crippen LogP contribution in [0.2, 0.25) is 0 Å². The molecule has 0 spiro atoms. The van der Waals surface area contributed by atoms with Crippen molar-refractivity contribution in [2.75, 3.05) is 57.7 Å². The maximum Gasteiger partial charge on any atom is 0.279 e. The summed E-state index contributed by atoms with van der Waals surface area (Å²) >= 11 is 0. The lowest BCUT2D eigenvalue weighted by atomic mass is 10.1. The normalized spacial score (nSPS) is 19.4. The predicted octanol–water partition coefficient (Wildman–Crippen LogP) is -0.312. The number of piperazine rings is 1. The predicted molar refractivity (Wildman–Crippen MR) is 112 cm³/mol. The molecule has 1 fully saturated rings. The zero-order valence-corrected chi connectivity index (χ0v) is 18.3. The SMILES string of the molecule is CC(C)CN(CC(C)C)C(=O)C[NH+]1CC[NH+](CC(=O)Nc2cccc(F)c2)CC1. The molecule has 0 radical (unpaired) electrons. The Labute approximate surface area is 174 Å². The summed E-state index contributed by atoms with van der Waals surface area (Å²) in [5.74, 6) is 0.692. The summed E-state index contributed by atoms with van der Waals surface area (Å²) in [5, 5.41) is 2.76. The van der Waals surface area contributed by atoms with Crippen LogP contribution in [-0.4, -0.2) is 69.1 Å². The molecule has 0 saturated carbocycles. The zero-order valence-electron chi connectivity index (χ0n) is 18.3. The van der Waals surface area contributed by atoms with Crippen LogP contribution in [0.1, 0.15) is 27.7 Å². The van der Waals surface area contributed by atoms with Gasteiger partial charge in [0.05, 0.1) is 0 Å². The highest BCUT2D eigenvalue weighted by molar-refractivity contribution is 5.91. The highest BCUT2D eigenvalue weighted by Gasteiger charge is 2.28. The second kappa shape index (κ2) is 11.3. The third-order valence-electron chi connectivity index (χ3n) is 5.11. The first-order chi connectivity index (χ1) is 13.7. The molecular weight excluding hydrogens is 371 g/mol. The quantitative estimate of drug-likeness (QED) is 0.525. The molecule has 1 aliphatic rings. The molecular formula is C22H37FN4O2+2. The van der Waals surface area contributed by atoms with Crippen LogP contribution in [-0.2, 0) is 9.59 Å². The first-order valence-electron chi connectivity index (χ1n) is 10.7. The largest absolute Gasteiger partial charge is 0.337 e. The van der Waals surface area contributed by atoms with Crippen LogP contribution in [0.15, 0.2) is 24.3 Å². The van der Waals surface area contributed by atoms with Crippen LogP contribution in [0.3, 0.4) is 0 Å². The topological polar surface area (TPSA) is 58.3 Å². The Morgan fingerprint density at radius 1 is 1.00 bits per heavy atom. The molecule has 0 aliphatic carbocycles. The van der Waals surface area contributed by atoms with E-state index in [4.69, 9.17) is 0 Å². The van der Waals surface area contributed by atoms with Crippen molar-refractivity contribution >= 4 is 17.5 Å². The molecule has 0 atom stereocenters. The van der Waals surface area contributed by atoms with Crippen molar-refractivity contribution in [1.29, 1.82) is 0 Å². The van der Waals surface area contributed by atoms with Gasteiger partial charge in [-0.2, -0.15) is 0 Å². The van der Waals surface area contributed by atoms with E-state index in [-0.39, 0.29) is 17.6 Å². The molecule has 1 saturated heterocycles. The van der Waals surface area contributed by atoms with Gasteiger partial charge in [0.2, 0.25) is 0 Å². The van der Waals surface area contributed by atoms with Gasteiger partial charge in [-0.05, 0) is 30.0 Å². The van der Waals surface area contributed by atoms with E-state index in [1.807, 2.05) is 4.90 Å². The third-order valence-corrected chi connectivity index (χ3v) is 5.11. The van der Waals surface area contributed by atoms with Crippen molar-refractivity contribution < 1.29 is 23.8 Å². The summed E-state index contributed by atoms with van der Waals surface area (Å²) in [4.78, 5) is 29.5. The van der Waals surface area contributed by atoms with Gasteiger partial charge in [-0.25, -0.2) is 4.39 Å². The second-order valence-corrected chi connectivity index (χ2v) is 9.00. The monoisotopic (exact) mass is 408 g/mol. The van der Waals surface area contributed by atoms with Gasteiger partial charge in [0.25, 0.3) is 11.8 Å². The van der Waals surface area contributed by atoms with Gasteiger partial charge in [-0.1, -0.05) is 33.8 Å². The molecule has 3 N–H and O–H groups in total.